The summed E-state index contributed by atoms with van der Waals surface area (Å²) in [6.45, 7) is 1.99. The Morgan fingerprint density at radius 3 is 2.40 bits per heavy atom. The second kappa shape index (κ2) is 6.06. The molecule has 0 aliphatic heterocycles. The van der Waals surface area contributed by atoms with Crippen LogP contribution in [0.3, 0.4) is 0 Å². The maximum atomic E-state index is 10.6. The number of hydrogen-bond donors (Lipinski definition) is 1. The Labute approximate surface area is 117 Å². The second-order valence-corrected chi connectivity index (χ2v) is 4.41. The van der Waals surface area contributed by atoms with Gasteiger partial charge in [0.25, 0.3) is 5.69 Å². The lowest BCUT2D eigenvalue weighted by molar-refractivity contribution is -0.384. The summed E-state index contributed by atoms with van der Waals surface area (Å²) in [5.41, 5.74) is 1.96. The van der Waals surface area contributed by atoms with Gasteiger partial charge in [-0.05, 0) is 24.6 Å². The van der Waals surface area contributed by atoms with Crippen LogP contribution in [0.5, 0.6) is 5.75 Å². The van der Waals surface area contributed by atoms with E-state index in [-0.39, 0.29) is 11.7 Å². The number of anilines is 1. The molecule has 0 bridgehead atoms. The van der Waals surface area contributed by atoms with Crippen LogP contribution in [-0.4, -0.2) is 12.0 Å². The van der Waals surface area contributed by atoms with E-state index in [2.05, 4.69) is 5.32 Å². The van der Waals surface area contributed by atoms with Crippen molar-refractivity contribution in [2.24, 2.45) is 0 Å². The quantitative estimate of drug-likeness (QED) is 0.664. The summed E-state index contributed by atoms with van der Waals surface area (Å²) in [6, 6.07) is 14.2. The molecule has 0 aliphatic carbocycles. The van der Waals surface area contributed by atoms with Gasteiger partial charge < -0.3 is 10.1 Å². The first-order chi connectivity index (χ1) is 9.61. The maximum absolute atomic E-state index is 10.6. The molecule has 2 aromatic rings. The lowest BCUT2D eigenvalue weighted by Crippen LogP contribution is -2.07. The summed E-state index contributed by atoms with van der Waals surface area (Å²) in [4.78, 5) is 10.2. The van der Waals surface area contributed by atoms with Gasteiger partial charge in [0, 0.05) is 18.2 Å². The lowest BCUT2D eigenvalue weighted by atomic mass is 10.1. The zero-order valence-corrected chi connectivity index (χ0v) is 11.4. The van der Waals surface area contributed by atoms with Crippen molar-refractivity contribution in [3.63, 3.8) is 0 Å². The fraction of sp³-hybridized carbons (Fsp3) is 0.200. The number of hydrogen-bond acceptors (Lipinski definition) is 4. The van der Waals surface area contributed by atoms with Crippen molar-refractivity contribution < 1.29 is 9.66 Å². The highest BCUT2D eigenvalue weighted by molar-refractivity contribution is 5.57. The van der Waals surface area contributed by atoms with E-state index in [0.29, 0.717) is 0 Å². The average Bonchev–Trinajstić information content (AvgIpc) is 2.48. The molecule has 5 nitrogen and oxygen atoms in total. The molecule has 0 fully saturated rings. The van der Waals surface area contributed by atoms with Gasteiger partial charge >= 0.3 is 0 Å². The van der Waals surface area contributed by atoms with Crippen LogP contribution < -0.4 is 10.1 Å². The highest BCUT2D eigenvalue weighted by Gasteiger charge is 2.10. The van der Waals surface area contributed by atoms with Crippen LogP contribution >= 0.6 is 0 Å². The normalized spacial score (nSPS) is 11.7. The smallest absolute Gasteiger partial charge is 0.269 e. The van der Waals surface area contributed by atoms with Crippen molar-refractivity contribution in [3.8, 4) is 5.75 Å². The lowest BCUT2D eigenvalue weighted by Gasteiger charge is -2.17. The number of non-ortho nitro benzene ring substituents is 1. The predicted molar refractivity (Wildman–Crippen MR) is 78.1 cm³/mol. The van der Waals surface area contributed by atoms with Gasteiger partial charge in [-0.15, -0.1) is 0 Å². The molecule has 0 saturated carbocycles. The molecule has 0 heterocycles. The first kappa shape index (κ1) is 13.9. The van der Waals surface area contributed by atoms with E-state index in [9.17, 15) is 10.1 Å². The Morgan fingerprint density at radius 2 is 1.80 bits per heavy atom. The van der Waals surface area contributed by atoms with Crippen molar-refractivity contribution in [2.45, 2.75) is 13.0 Å². The molecule has 5 heteroatoms. The van der Waals surface area contributed by atoms with Gasteiger partial charge in [-0.2, -0.15) is 0 Å². The molecule has 0 aliphatic rings. The number of nitro benzene ring substituents is 1. The molecule has 104 valence electrons. The van der Waals surface area contributed by atoms with Gasteiger partial charge in [-0.25, -0.2) is 0 Å². The van der Waals surface area contributed by atoms with Crippen molar-refractivity contribution in [2.75, 3.05) is 12.4 Å². The van der Waals surface area contributed by atoms with Crippen molar-refractivity contribution in [1.29, 1.82) is 0 Å². The van der Waals surface area contributed by atoms with Crippen LogP contribution in [0.1, 0.15) is 18.5 Å². The minimum atomic E-state index is -0.401. The number of para-hydroxylation sites is 2. The molecule has 0 aromatic heterocycles. The molecule has 1 atom stereocenters. The highest BCUT2D eigenvalue weighted by Crippen LogP contribution is 2.28. The van der Waals surface area contributed by atoms with Crippen LogP contribution in [0, 0.1) is 10.1 Å². The minimum Gasteiger partial charge on any atom is -0.495 e. The van der Waals surface area contributed by atoms with Gasteiger partial charge in [0.1, 0.15) is 5.75 Å². The number of nitrogens with zero attached hydrogens (tertiary/aromatic N) is 1. The fourth-order valence-electron chi connectivity index (χ4n) is 1.97. The molecule has 20 heavy (non-hydrogen) atoms. The van der Waals surface area contributed by atoms with Crippen LogP contribution in [0.4, 0.5) is 11.4 Å². The maximum Gasteiger partial charge on any atom is 0.269 e. The summed E-state index contributed by atoms with van der Waals surface area (Å²) in [7, 11) is 1.62. The Bertz CT molecular complexity index is 596. The summed E-state index contributed by atoms with van der Waals surface area (Å²) in [5.74, 6) is 0.765. The topological polar surface area (TPSA) is 64.4 Å². The Kier molecular flexibility index (Phi) is 4.20. The largest absolute Gasteiger partial charge is 0.495 e. The number of rotatable bonds is 5. The van der Waals surface area contributed by atoms with E-state index >= 15 is 0 Å². The van der Waals surface area contributed by atoms with Crippen LogP contribution in [0.25, 0.3) is 0 Å². The zero-order chi connectivity index (χ0) is 14.5. The van der Waals surface area contributed by atoms with Gasteiger partial charge in [0.2, 0.25) is 0 Å². The van der Waals surface area contributed by atoms with Crippen LogP contribution in [-0.2, 0) is 0 Å². The average molecular weight is 272 g/mol. The number of methoxy groups -OCH3 is 1. The Hall–Kier alpha value is -2.56. The molecule has 0 amide bonds. The minimum absolute atomic E-state index is 0.0205. The van der Waals surface area contributed by atoms with E-state index in [0.717, 1.165) is 17.0 Å². The number of ether oxygens (including phenoxy) is 1. The number of benzene rings is 2. The van der Waals surface area contributed by atoms with Crippen molar-refractivity contribution >= 4 is 11.4 Å². The first-order valence-electron chi connectivity index (χ1n) is 6.25. The van der Waals surface area contributed by atoms with E-state index in [1.165, 1.54) is 12.1 Å². The highest BCUT2D eigenvalue weighted by atomic mass is 16.6. The molecule has 2 aromatic carbocycles. The van der Waals surface area contributed by atoms with E-state index in [4.69, 9.17) is 4.74 Å². The fourth-order valence-corrected chi connectivity index (χ4v) is 1.97. The monoisotopic (exact) mass is 272 g/mol. The van der Waals surface area contributed by atoms with Crippen molar-refractivity contribution in [3.05, 3.63) is 64.2 Å². The van der Waals surface area contributed by atoms with E-state index in [1.807, 2.05) is 31.2 Å². The Balaban J connectivity index is 2.15. The third-order valence-corrected chi connectivity index (χ3v) is 3.08. The summed E-state index contributed by atoms with van der Waals surface area (Å²) in [5, 5.41) is 14.0. The van der Waals surface area contributed by atoms with E-state index < -0.39 is 4.92 Å². The third kappa shape index (κ3) is 3.06. The third-order valence-electron chi connectivity index (χ3n) is 3.08. The number of nitro groups is 1. The predicted octanol–water partition coefficient (Wildman–Crippen LogP) is 3.78. The molecule has 0 saturated heterocycles. The van der Waals surface area contributed by atoms with Crippen LogP contribution in [0.15, 0.2) is 48.5 Å². The van der Waals surface area contributed by atoms with E-state index in [1.54, 1.807) is 19.2 Å². The molecule has 0 radical (unpaired) electrons. The first-order valence-corrected chi connectivity index (χ1v) is 6.25. The van der Waals surface area contributed by atoms with Gasteiger partial charge in [0.05, 0.1) is 17.7 Å². The molecule has 1 N–H and O–H groups in total. The standard InChI is InChI=1S/C15H16N2O3/c1-11(12-7-9-13(10-8-12)17(18)19)16-14-5-3-4-6-15(14)20-2/h3-11,16H,1-2H3. The summed E-state index contributed by atoms with van der Waals surface area (Å²) < 4.78 is 5.28. The second-order valence-electron chi connectivity index (χ2n) is 4.41. The molecular formula is C15H16N2O3. The van der Waals surface area contributed by atoms with Gasteiger partial charge in [0.15, 0.2) is 0 Å². The molecule has 2 rings (SSSR count). The molecule has 1 unspecified atom stereocenters. The van der Waals surface area contributed by atoms with Crippen molar-refractivity contribution in [1.82, 2.24) is 0 Å². The summed E-state index contributed by atoms with van der Waals surface area (Å²) in [6.07, 6.45) is 0. The van der Waals surface area contributed by atoms with Crippen LogP contribution in [0.2, 0.25) is 0 Å². The zero-order valence-electron chi connectivity index (χ0n) is 11.4. The molecule has 0 spiro atoms. The number of nitrogens with one attached hydrogen (secondary N) is 1. The van der Waals surface area contributed by atoms with Gasteiger partial charge in [-0.3, -0.25) is 10.1 Å². The SMILES string of the molecule is COc1ccccc1NC(C)c1ccc([N+](=O)[O-])cc1. The molecular weight excluding hydrogens is 256 g/mol. The Morgan fingerprint density at radius 1 is 1.15 bits per heavy atom. The van der Waals surface area contributed by atoms with Gasteiger partial charge in [-0.1, -0.05) is 24.3 Å². The summed E-state index contributed by atoms with van der Waals surface area (Å²) >= 11 is 0.